The van der Waals surface area contributed by atoms with Crippen molar-refractivity contribution in [2.24, 2.45) is 52.1 Å². The van der Waals surface area contributed by atoms with Gasteiger partial charge in [0.1, 0.15) is 6.04 Å². The highest BCUT2D eigenvalue weighted by Crippen LogP contribution is 2.68. The average molecular weight is 537 g/mol. The number of hydrogen-bond donors (Lipinski definition) is 6. The van der Waals surface area contributed by atoms with E-state index in [4.69, 9.17) is 5.73 Å². The van der Waals surface area contributed by atoms with Crippen LogP contribution in [0.5, 0.6) is 0 Å². The van der Waals surface area contributed by atoms with Gasteiger partial charge in [0, 0.05) is 6.42 Å². The molecular formula is C30H52N2O6. The van der Waals surface area contributed by atoms with Crippen LogP contribution in [0.25, 0.3) is 0 Å². The van der Waals surface area contributed by atoms with Crippen LogP contribution >= 0.6 is 0 Å². The topological polar surface area (TPSA) is 153 Å². The van der Waals surface area contributed by atoms with Gasteiger partial charge in [-0.2, -0.15) is 0 Å². The molecule has 0 unspecified atom stereocenters. The molecule has 4 saturated carbocycles. The standard InChI is InChI=1S/C30H52N2O6/c1-17(7-10-26(36)32-23(28(37)38)6-4-5-13-31)20-8-9-21-27-22(16-25(35)30(20,21)3)29(2)12-11-19(33)14-18(29)15-24(27)34/h17-25,27,33-35H,4-16,31H2,1-3H3,(H,32,36)(H,37,38)/t17-,18+,19-,20-,21+,22+,23+,24-,25+,27+,29+,30-/m1/s1. The summed E-state index contributed by atoms with van der Waals surface area (Å²) in [5.41, 5.74) is 5.26. The maximum atomic E-state index is 12.7. The van der Waals surface area contributed by atoms with Crippen molar-refractivity contribution in [3.8, 4) is 0 Å². The molecule has 0 aromatic heterocycles. The van der Waals surface area contributed by atoms with E-state index in [9.17, 15) is 30.0 Å². The molecule has 0 heterocycles. The molecule has 0 radical (unpaired) electrons. The van der Waals surface area contributed by atoms with Gasteiger partial charge in [0.15, 0.2) is 0 Å². The predicted octanol–water partition coefficient (Wildman–Crippen LogP) is 3.06. The van der Waals surface area contributed by atoms with E-state index in [0.717, 1.165) is 44.9 Å². The average Bonchev–Trinajstić information content (AvgIpc) is 3.22. The molecule has 0 spiro atoms. The highest BCUT2D eigenvalue weighted by Gasteiger charge is 2.65. The van der Waals surface area contributed by atoms with Crippen LogP contribution in [0.4, 0.5) is 0 Å². The summed E-state index contributed by atoms with van der Waals surface area (Å²) in [6.45, 7) is 7.23. The maximum Gasteiger partial charge on any atom is 0.326 e. The Balaban J connectivity index is 1.41. The molecule has 4 rings (SSSR count). The van der Waals surface area contributed by atoms with E-state index in [1.54, 1.807) is 0 Å². The smallest absolute Gasteiger partial charge is 0.326 e. The Morgan fingerprint density at radius 3 is 2.42 bits per heavy atom. The number of carbonyl (C=O) groups is 2. The van der Waals surface area contributed by atoms with Crippen molar-refractivity contribution < 1.29 is 30.0 Å². The van der Waals surface area contributed by atoms with E-state index < -0.39 is 24.2 Å². The fourth-order valence-corrected chi connectivity index (χ4v) is 9.71. The Morgan fingerprint density at radius 1 is 1.00 bits per heavy atom. The summed E-state index contributed by atoms with van der Waals surface area (Å²) >= 11 is 0. The molecule has 38 heavy (non-hydrogen) atoms. The minimum Gasteiger partial charge on any atom is -0.480 e. The number of hydrogen-bond acceptors (Lipinski definition) is 6. The third kappa shape index (κ3) is 5.39. The number of carboxylic acid groups (broad SMARTS) is 1. The second-order valence-corrected chi connectivity index (χ2v) is 13.8. The summed E-state index contributed by atoms with van der Waals surface area (Å²) in [5, 5.41) is 45.6. The number of nitrogens with one attached hydrogen (secondary N) is 1. The van der Waals surface area contributed by atoms with Gasteiger partial charge in [-0.3, -0.25) is 4.79 Å². The number of aliphatic hydroxyl groups is 3. The SMILES string of the molecule is C[C@H](CCC(=O)N[C@@H](CCCCN)C(=O)O)[C@H]1CC[C@H]2[C@@H]3[C@H](O)C[C@@H]4C[C@H](O)CC[C@]4(C)[C@H]3C[C@H](O)[C@]12C. The van der Waals surface area contributed by atoms with E-state index >= 15 is 0 Å². The number of fused-ring (bicyclic) bond motifs is 5. The number of aliphatic carboxylic acids is 1. The zero-order valence-corrected chi connectivity index (χ0v) is 23.6. The first-order valence-corrected chi connectivity index (χ1v) is 15.2. The number of carbonyl (C=O) groups excluding carboxylic acids is 1. The van der Waals surface area contributed by atoms with Crippen molar-refractivity contribution in [1.82, 2.24) is 5.32 Å². The van der Waals surface area contributed by atoms with Gasteiger partial charge in [0.2, 0.25) is 5.91 Å². The number of unbranched alkanes of at least 4 members (excludes halogenated alkanes) is 1. The molecule has 0 aliphatic heterocycles. The molecule has 0 bridgehead atoms. The van der Waals surface area contributed by atoms with Crippen molar-refractivity contribution >= 4 is 11.9 Å². The van der Waals surface area contributed by atoms with Crippen molar-refractivity contribution in [3.63, 3.8) is 0 Å². The number of carboxylic acids is 1. The van der Waals surface area contributed by atoms with Crippen LogP contribution in [0.1, 0.15) is 97.8 Å². The van der Waals surface area contributed by atoms with Crippen LogP contribution in [0.2, 0.25) is 0 Å². The van der Waals surface area contributed by atoms with Crippen molar-refractivity contribution in [3.05, 3.63) is 0 Å². The van der Waals surface area contributed by atoms with E-state index in [-0.39, 0.29) is 58.9 Å². The minimum atomic E-state index is -1.01. The maximum absolute atomic E-state index is 12.7. The van der Waals surface area contributed by atoms with Gasteiger partial charge < -0.3 is 31.5 Å². The van der Waals surface area contributed by atoms with E-state index in [1.807, 2.05) is 0 Å². The lowest BCUT2D eigenvalue weighted by atomic mass is 9.43. The number of amides is 1. The fraction of sp³-hybridized carbons (Fsp3) is 0.933. The fourth-order valence-electron chi connectivity index (χ4n) is 9.71. The lowest BCUT2D eigenvalue weighted by Crippen LogP contribution is -2.62. The highest BCUT2D eigenvalue weighted by molar-refractivity contribution is 5.83. The molecule has 0 aromatic carbocycles. The first-order valence-electron chi connectivity index (χ1n) is 15.2. The number of nitrogens with two attached hydrogens (primary N) is 1. The first kappa shape index (κ1) is 29.8. The van der Waals surface area contributed by atoms with Crippen LogP contribution in [0, 0.1) is 46.3 Å². The number of rotatable bonds is 10. The van der Waals surface area contributed by atoms with Crippen molar-refractivity contribution in [2.45, 2.75) is 122 Å². The molecular weight excluding hydrogens is 484 g/mol. The van der Waals surface area contributed by atoms with Crippen molar-refractivity contribution in [2.75, 3.05) is 6.54 Å². The Labute approximate surface area is 228 Å². The van der Waals surface area contributed by atoms with Gasteiger partial charge in [0.25, 0.3) is 0 Å². The summed E-state index contributed by atoms with van der Waals surface area (Å²) in [6, 6.07) is -0.881. The molecule has 8 nitrogen and oxygen atoms in total. The zero-order chi connectivity index (χ0) is 27.8. The summed E-state index contributed by atoms with van der Waals surface area (Å²) in [4.78, 5) is 24.2. The molecule has 8 heteroatoms. The molecule has 0 aromatic rings. The quantitative estimate of drug-likeness (QED) is 0.235. The van der Waals surface area contributed by atoms with Crippen LogP contribution in [0.3, 0.4) is 0 Å². The van der Waals surface area contributed by atoms with Crippen LogP contribution in [-0.2, 0) is 9.59 Å². The molecule has 0 saturated heterocycles. The zero-order valence-electron chi connectivity index (χ0n) is 23.6. The predicted molar refractivity (Wildman–Crippen MR) is 145 cm³/mol. The first-order chi connectivity index (χ1) is 17.9. The molecule has 12 atom stereocenters. The Kier molecular flexibility index (Phi) is 9.17. The van der Waals surface area contributed by atoms with Crippen LogP contribution in [0.15, 0.2) is 0 Å². The van der Waals surface area contributed by atoms with E-state index in [1.165, 1.54) is 0 Å². The van der Waals surface area contributed by atoms with Crippen molar-refractivity contribution in [1.29, 1.82) is 0 Å². The lowest BCUT2D eigenvalue weighted by Gasteiger charge is -2.63. The molecule has 4 fully saturated rings. The Morgan fingerprint density at radius 2 is 1.74 bits per heavy atom. The van der Waals surface area contributed by atoms with E-state index in [2.05, 4.69) is 26.1 Å². The van der Waals surface area contributed by atoms with Gasteiger partial charge in [-0.05, 0) is 124 Å². The second kappa shape index (κ2) is 11.7. The summed E-state index contributed by atoms with van der Waals surface area (Å²) in [6.07, 6.45) is 7.50. The second-order valence-electron chi connectivity index (χ2n) is 13.8. The van der Waals surface area contributed by atoms with E-state index in [0.29, 0.717) is 38.1 Å². The Bertz CT molecular complexity index is 855. The van der Waals surface area contributed by atoms with Crippen LogP contribution in [-0.4, -0.2) is 63.2 Å². The third-order valence-corrected chi connectivity index (χ3v) is 11.9. The molecule has 4 aliphatic carbocycles. The summed E-state index contributed by atoms with van der Waals surface area (Å²) in [7, 11) is 0. The van der Waals surface area contributed by atoms with Gasteiger partial charge >= 0.3 is 5.97 Å². The van der Waals surface area contributed by atoms with Crippen LogP contribution < -0.4 is 11.1 Å². The molecule has 7 N–H and O–H groups in total. The minimum absolute atomic E-state index is 0.0536. The van der Waals surface area contributed by atoms with Gasteiger partial charge in [-0.25, -0.2) is 4.79 Å². The largest absolute Gasteiger partial charge is 0.480 e. The molecule has 4 aliphatic rings. The van der Waals surface area contributed by atoms with Gasteiger partial charge in [-0.1, -0.05) is 20.8 Å². The Hall–Kier alpha value is -1.22. The lowest BCUT2D eigenvalue weighted by molar-refractivity contribution is -0.207. The number of aliphatic hydroxyl groups excluding tert-OH is 3. The summed E-state index contributed by atoms with van der Waals surface area (Å²) in [5.74, 6) is 0.202. The monoisotopic (exact) mass is 536 g/mol. The molecule has 218 valence electrons. The van der Waals surface area contributed by atoms with Gasteiger partial charge in [0.05, 0.1) is 18.3 Å². The van der Waals surface area contributed by atoms with Gasteiger partial charge in [-0.15, -0.1) is 0 Å². The highest BCUT2D eigenvalue weighted by atomic mass is 16.4. The normalized spacial score (nSPS) is 43.9. The molecule has 1 amide bonds. The third-order valence-electron chi connectivity index (χ3n) is 11.9. The summed E-state index contributed by atoms with van der Waals surface area (Å²) < 4.78 is 0.